The van der Waals surface area contributed by atoms with Gasteiger partial charge in [0.25, 0.3) is 0 Å². The highest BCUT2D eigenvalue weighted by molar-refractivity contribution is 7.53. The normalized spacial score (nSPS) is 13.7. The summed E-state index contributed by atoms with van der Waals surface area (Å²) < 4.78 is 32.9. The lowest BCUT2D eigenvalue weighted by molar-refractivity contribution is -0.873. The lowest BCUT2D eigenvalue weighted by Crippen LogP contribution is -3.00. The Morgan fingerprint density at radius 2 is 1.68 bits per heavy atom. The van der Waals surface area contributed by atoms with E-state index in [0.717, 1.165) is 0 Å². The largest absolute Gasteiger partial charge is 1.00 e. The maximum atomic E-state index is 13.2. The highest BCUT2D eigenvalue weighted by atomic mass is 35.5. The fourth-order valence-electron chi connectivity index (χ4n) is 3.04. The molecule has 2 rings (SSSR count). The number of halogens is 1. The Labute approximate surface area is 190 Å². The fourth-order valence-corrected chi connectivity index (χ4v) is 4.89. The van der Waals surface area contributed by atoms with Crippen molar-refractivity contribution in [1.82, 2.24) is 19.5 Å². The number of imidazole rings is 1. The number of hydrogen-bond acceptors (Lipinski definition) is 9. The second-order valence-electron chi connectivity index (χ2n) is 8.85. The third-order valence-electron chi connectivity index (χ3n) is 3.87. The van der Waals surface area contributed by atoms with Crippen LogP contribution in [0.5, 0.6) is 0 Å². The third kappa shape index (κ3) is 8.51. The van der Waals surface area contributed by atoms with Gasteiger partial charge in [-0.3, -0.25) is 4.57 Å². The maximum absolute atomic E-state index is 13.2. The Morgan fingerprint density at radius 1 is 1.10 bits per heavy atom. The van der Waals surface area contributed by atoms with E-state index in [1.807, 2.05) is 32.3 Å². The lowest BCUT2D eigenvalue weighted by Gasteiger charge is -2.31. The number of fused-ring (bicyclic) bond motifs is 1. The van der Waals surface area contributed by atoms with Crippen LogP contribution in [-0.2, 0) is 24.9 Å². The molecule has 31 heavy (non-hydrogen) atoms. The van der Waals surface area contributed by atoms with Crippen molar-refractivity contribution < 1.29 is 35.2 Å². The molecule has 0 aliphatic carbocycles. The number of nitrogens with zero attached hydrogens (tertiary/aromatic N) is 5. The summed E-state index contributed by atoms with van der Waals surface area (Å²) in [5.74, 6) is 0.298. The van der Waals surface area contributed by atoms with Crippen molar-refractivity contribution in [2.75, 3.05) is 45.5 Å². The van der Waals surface area contributed by atoms with Gasteiger partial charge in [0, 0.05) is 0 Å². The summed E-state index contributed by atoms with van der Waals surface area (Å²) in [7, 11) is 2.73. The predicted molar refractivity (Wildman–Crippen MR) is 117 cm³/mol. The van der Waals surface area contributed by atoms with Crippen molar-refractivity contribution >= 4 is 30.5 Å². The van der Waals surface area contributed by atoms with Crippen LogP contribution in [-0.4, -0.2) is 76.3 Å². The number of aromatic nitrogens is 4. The first-order valence-electron chi connectivity index (χ1n) is 9.90. The number of nitrogens with two attached hydrogens (primary N) is 2. The molecular weight excluding hydrogens is 445 g/mol. The van der Waals surface area contributed by atoms with Gasteiger partial charge < -0.3 is 46.7 Å². The lowest BCUT2D eigenvalue weighted by atomic mass is 10.3. The van der Waals surface area contributed by atoms with Crippen LogP contribution < -0.4 is 23.9 Å². The Kier molecular flexibility index (Phi) is 9.68. The standard InChI is InChI=1S/C18H35N7O4P.ClH/c1-12(2)28-30(26,29-13(3)4)11-27-14(9-25(5,6)7)8-24-10-21-15-16(19)22-18(20)23-17(15)24;/h10,12-14H,8-9,11H2,1-7H3,(H4,19,20,22,23);1H/q+1;/p-1. The Bertz CT molecular complexity index is 887. The van der Waals surface area contributed by atoms with Gasteiger partial charge in [-0.2, -0.15) is 9.97 Å². The molecule has 0 aromatic carbocycles. The smallest absolute Gasteiger partial charge is 0.356 e. The summed E-state index contributed by atoms with van der Waals surface area (Å²) in [6.07, 6.45) is 0.640. The molecule has 1 unspecified atom stereocenters. The van der Waals surface area contributed by atoms with E-state index in [4.69, 9.17) is 25.3 Å². The number of likely N-dealkylation sites (N-methyl/N-ethyl adjacent to an activating group) is 1. The van der Waals surface area contributed by atoms with Crippen molar-refractivity contribution in [3.8, 4) is 0 Å². The maximum Gasteiger partial charge on any atom is 0.356 e. The van der Waals surface area contributed by atoms with Crippen LogP contribution in [0.15, 0.2) is 6.33 Å². The molecule has 0 radical (unpaired) electrons. The molecule has 0 bridgehead atoms. The highest BCUT2D eigenvalue weighted by Gasteiger charge is 2.31. The zero-order valence-electron chi connectivity index (χ0n) is 19.3. The Hall–Kier alpha value is -1.49. The molecule has 1 atom stereocenters. The van der Waals surface area contributed by atoms with Crippen LogP contribution >= 0.6 is 7.60 Å². The van der Waals surface area contributed by atoms with Gasteiger partial charge in [-0.05, 0) is 27.7 Å². The minimum atomic E-state index is -3.42. The number of hydrogen-bond donors (Lipinski definition) is 2. The zero-order valence-corrected chi connectivity index (χ0v) is 20.9. The van der Waals surface area contributed by atoms with E-state index in [1.165, 1.54) is 0 Å². The SMILES string of the molecule is CC(C)OP(=O)(COC(Cn1cnc2c(N)nc(N)nc21)C[N+](C)(C)C)OC(C)C.[Cl-]. The molecule has 13 heteroatoms. The number of rotatable bonds is 11. The first-order valence-corrected chi connectivity index (χ1v) is 11.6. The van der Waals surface area contributed by atoms with Crippen LogP contribution in [0.2, 0.25) is 0 Å². The van der Waals surface area contributed by atoms with E-state index < -0.39 is 7.60 Å². The van der Waals surface area contributed by atoms with Crippen molar-refractivity contribution in [3.63, 3.8) is 0 Å². The predicted octanol–water partition coefficient (Wildman–Crippen LogP) is -0.913. The molecular formula is C18H35ClN7O4P. The van der Waals surface area contributed by atoms with E-state index in [1.54, 1.807) is 6.33 Å². The highest BCUT2D eigenvalue weighted by Crippen LogP contribution is 2.50. The van der Waals surface area contributed by atoms with Crippen LogP contribution in [0.25, 0.3) is 11.2 Å². The summed E-state index contributed by atoms with van der Waals surface area (Å²) in [5, 5.41) is 0. The van der Waals surface area contributed by atoms with Gasteiger partial charge in [0.2, 0.25) is 5.95 Å². The molecule has 0 aliphatic rings. The molecule has 4 N–H and O–H groups in total. The quantitative estimate of drug-likeness (QED) is 0.309. The van der Waals surface area contributed by atoms with Gasteiger partial charge >= 0.3 is 7.60 Å². The monoisotopic (exact) mass is 479 g/mol. The second-order valence-corrected chi connectivity index (χ2v) is 10.7. The van der Waals surface area contributed by atoms with Crippen LogP contribution in [0.1, 0.15) is 27.7 Å². The third-order valence-corrected chi connectivity index (χ3v) is 5.82. The summed E-state index contributed by atoms with van der Waals surface area (Å²) in [4.78, 5) is 12.5. The molecule has 0 saturated heterocycles. The number of ether oxygens (including phenoxy) is 1. The number of quaternary nitrogens is 1. The van der Waals surface area contributed by atoms with E-state index >= 15 is 0 Å². The summed E-state index contributed by atoms with van der Waals surface area (Å²) in [6.45, 7) is 8.29. The van der Waals surface area contributed by atoms with Crippen molar-refractivity contribution in [3.05, 3.63) is 6.33 Å². The van der Waals surface area contributed by atoms with Crippen LogP contribution in [0, 0.1) is 0 Å². The molecule has 0 fully saturated rings. The first-order chi connectivity index (χ1) is 13.8. The van der Waals surface area contributed by atoms with Gasteiger partial charge in [-0.25, -0.2) is 4.98 Å². The topological polar surface area (TPSA) is 140 Å². The fraction of sp³-hybridized carbons (Fsp3) is 0.722. The summed E-state index contributed by atoms with van der Waals surface area (Å²) >= 11 is 0. The number of anilines is 2. The molecule has 0 aliphatic heterocycles. The van der Waals surface area contributed by atoms with Gasteiger partial charge in [0.1, 0.15) is 24.5 Å². The molecule has 2 heterocycles. The molecule has 0 amide bonds. The van der Waals surface area contributed by atoms with Gasteiger partial charge in [-0.1, -0.05) is 0 Å². The summed E-state index contributed by atoms with van der Waals surface area (Å²) in [5.41, 5.74) is 12.6. The van der Waals surface area contributed by atoms with Gasteiger partial charge in [0.15, 0.2) is 11.5 Å². The van der Waals surface area contributed by atoms with Crippen molar-refractivity contribution in [1.29, 1.82) is 0 Å². The average Bonchev–Trinajstić information content (AvgIpc) is 2.93. The summed E-state index contributed by atoms with van der Waals surface area (Å²) in [6, 6.07) is 0. The van der Waals surface area contributed by atoms with E-state index in [-0.39, 0.29) is 48.8 Å². The van der Waals surface area contributed by atoms with E-state index in [2.05, 4.69) is 36.1 Å². The Balaban J connectivity index is 0.00000480. The minimum Gasteiger partial charge on any atom is -1.00 e. The van der Waals surface area contributed by atoms with E-state index in [0.29, 0.717) is 28.7 Å². The van der Waals surface area contributed by atoms with Crippen molar-refractivity contribution in [2.45, 2.75) is 52.6 Å². The molecule has 178 valence electrons. The van der Waals surface area contributed by atoms with Crippen LogP contribution in [0.4, 0.5) is 11.8 Å². The first kappa shape index (κ1) is 27.5. The Morgan fingerprint density at radius 3 is 2.19 bits per heavy atom. The molecule has 0 spiro atoms. The molecule has 2 aromatic rings. The van der Waals surface area contributed by atoms with Crippen LogP contribution in [0.3, 0.4) is 0 Å². The second kappa shape index (κ2) is 10.9. The molecule has 2 aromatic heterocycles. The van der Waals surface area contributed by atoms with Gasteiger partial charge in [-0.15, -0.1) is 0 Å². The zero-order chi connectivity index (χ0) is 22.7. The van der Waals surface area contributed by atoms with Crippen molar-refractivity contribution in [2.24, 2.45) is 0 Å². The molecule has 0 saturated carbocycles. The number of nitrogen functional groups attached to an aromatic ring is 2. The van der Waals surface area contributed by atoms with Gasteiger partial charge in [0.05, 0.1) is 46.2 Å². The molecule has 11 nitrogen and oxygen atoms in total. The average molecular weight is 480 g/mol. The van der Waals surface area contributed by atoms with E-state index in [9.17, 15) is 4.57 Å². The minimum absolute atomic E-state index is 0.